The summed E-state index contributed by atoms with van der Waals surface area (Å²) in [6, 6.07) is 1.73. The molecule has 126 valence electrons. The van der Waals surface area contributed by atoms with Gasteiger partial charge in [0.2, 0.25) is 0 Å². The molecule has 0 spiro atoms. The summed E-state index contributed by atoms with van der Waals surface area (Å²) < 4.78 is 49.1. The van der Waals surface area contributed by atoms with Gasteiger partial charge in [-0.05, 0) is 13.0 Å². The summed E-state index contributed by atoms with van der Waals surface area (Å²) >= 11 is 0. The number of fused-ring (bicyclic) bond motifs is 1. The van der Waals surface area contributed by atoms with Gasteiger partial charge in [-0.2, -0.15) is 10.1 Å². The summed E-state index contributed by atoms with van der Waals surface area (Å²) in [6.45, 7) is 3.96. The van der Waals surface area contributed by atoms with Crippen LogP contribution in [0.1, 0.15) is 6.92 Å². The number of anilines is 1. The molecule has 0 bridgehead atoms. The molecule has 1 aliphatic heterocycles. The van der Waals surface area contributed by atoms with Crippen LogP contribution in [0.4, 0.5) is 19.2 Å². The Morgan fingerprint density at radius 2 is 2.08 bits per heavy atom. The Hall–Kier alpha value is -2.55. The summed E-state index contributed by atoms with van der Waals surface area (Å²) in [5.74, 6) is -4.32. The highest BCUT2D eigenvalue weighted by Crippen LogP contribution is 2.33. The largest absolute Gasteiger partial charge is 0.421 e. The normalized spacial score (nSPS) is 18.5. The van der Waals surface area contributed by atoms with Gasteiger partial charge in [0, 0.05) is 38.1 Å². The average Bonchev–Trinajstić information content (AvgIpc) is 3.24. The predicted octanol–water partition coefficient (Wildman–Crippen LogP) is 2.23. The molecule has 1 atom stereocenters. The molecule has 0 saturated carbocycles. The van der Waals surface area contributed by atoms with Crippen molar-refractivity contribution in [2.45, 2.75) is 13.0 Å². The monoisotopic (exact) mass is 337 g/mol. The second kappa shape index (κ2) is 5.52. The van der Waals surface area contributed by atoms with E-state index in [2.05, 4.69) is 15.4 Å². The number of hydrogen-bond acceptors (Lipinski definition) is 5. The fourth-order valence-electron chi connectivity index (χ4n) is 2.88. The summed E-state index contributed by atoms with van der Waals surface area (Å²) in [5, 5.41) is 7.09. The summed E-state index contributed by atoms with van der Waals surface area (Å²) in [7, 11) is 0. The van der Waals surface area contributed by atoms with Crippen LogP contribution in [0.15, 0.2) is 22.9 Å². The molecule has 1 saturated heterocycles. The van der Waals surface area contributed by atoms with Crippen molar-refractivity contribution >= 4 is 17.1 Å². The van der Waals surface area contributed by atoms with Gasteiger partial charge >= 0.3 is 0 Å². The minimum absolute atomic E-state index is 0.0534. The van der Waals surface area contributed by atoms with Crippen LogP contribution in [0.5, 0.6) is 0 Å². The first-order chi connectivity index (χ1) is 11.6. The zero-order valence-electron chi connectivity index (χ0n) is 12.8. The van der Waals surface area contributed by atoms with Gasteiger partial charge in [-0.3, -0.25) is 0 Å². The number of aromatic nitrogens is 3. The van der Waals surface area contributed by atoms with Gasteiger partial charge in [-0.1, -0.05) is 0 Å². The minimum atomic E-state index is -1.60. The van der Waals surface area contributed by atoms with Crippen LogP contribution in [0.2, 0.25) is 0 Å². The van der Waals surface area contributed by atoms with Crippen LogP contribution in [-0.4, -0.2) is 40.4 Å². The number of benzene rings is 1. The van der Waals surface area contributed by atoms with Crippen molar-refractivity contribution in [2.75, 3.05) is 24.5 Å². The Kier molecular flexibility index (Phi) is 3.45. The standard InChI is InChI=1S/C15H14F3N5O/c1-8-7-19-4-6-22(8)15-21-12-10(17)9(16)11(18)13(14(12)24-15)23-5-2-3-20-23/h2-3,5,8,19H,4,6-7H2,1H3. The molecule has 9 heteroatoms. The molecule has 1 fully saturated rings. The molecule has 2 aromatic heterocycles. The fraction of sp³-hybridized carbons (Fsp3) is 0.333. The third kappa shape index (κ3) is 2.15. The molecule has 0 aliphatic carbocycles. The first-order valence-corrected chi connectivity index (χ1v) is 7.52. The molecule has 4 rings (SSSR count). The first-order valence-electron chi connectivity index (χ1n) is 7.52. The van der Waals surface area contributed by atoms with E-state index >= 15 is 0 Å². The Balaban J connectivity index is 1.95. The van der Waals surface area contributed by atoms with Crippen molar-refractivity contribution in [2.24, 2.45) is 0 Å². The van der Waals surface area contributed by atoms with Crippen molar-refractivity contribution in [3.05, 3.63) is 35.9 Å². The van der Waals surface area contributed by atoms with Crippen molar-refractivity contribution in [1.29, 1.82) is 0 Å². The topological polar surface area (TPSA) is 59.1 Å². The maximum absolute atomic E-state index is 14.3. The molecule has 6 nitrogen and oxygen atoms in total. The summed E-state index contributed by atoms with van der Waals surface area (Å²) in [5.41, 5.74) is -0.814. The van der Waals surface area contributed by atoms with E-state index < -0.39 is 17.5 Å². The van der Waals surface area contributed by atoms with Crippen molar-refractivity contribution in [1.82, 2.24) is 20.1 Å². The van der Waals surface area contributed by atoms with Gasteiger partial charge in [0.25, 0.3) is 6.01 Å². The molecular weight excluding hydrogens is 323 g/mol. The molecular formula is C15H14F3N5O. The predicted molar refractivity (Wildman–Crippen MR) is 80.7 cm³/mol. The van der Waals surface area contributed by atoms with Crippen LogP contribution in [-0.2, 0) is 0 Å². The van der Waals surface area contributed by atoms with Gasteiger partial charge in [0.15, 0.2) is 28.6 Å². The number of halogens is 3. The first kappa shape index (κ1) is 15.0. The Morgan fingerprint density at radius 3 is 2.79 bits per heavy atom. The smallest absolute Gasteiger partial charge is 0.298 e. The zero-order chi connectivity index (χ0) is 16.8. The third-order valence-corrected chi connectivity index (χ3v) is 4.11. The number of nitrogens with zero attached hydrogens (tertiary/aromatic N) is 4. The van der Waals surface area contributed by atoms with Crippen LogP contribution in [0.25, 0.3) is 16.8 Å². The van der Waals surface area contributed by atoms with Gasteiger partial charge in [-0.15, -0.1) is 0 Å². The SMILES string of the molecule is CC1CNCCN1c1nc2c(F)c(F)c(F)c(-n3cccn3)c2o1. The van der Waals surface area contributed by atoms with Crippen molar-refractivity contribution < 1.29 is 17.6 Å². The zero-order valence-corrected chi connectivity index (χ0v) is 12.8. The lowest BCUT2D eigenvalue weighted by atomic mass is 10.2. The van der Waals surface area contributed by atoms with E-state index in [-0.39, 0.29) is 28.8 Å². The van der Waals surface area contributed by atoms with Crippen LogP contribution in [0.3, 0.4) is 0 Å². The molecule has 1 aromatic carbocycles. The molecule has 0 amide bonds. The van der Waals surface area contributed by atoms with E-state index in [9.17, 15) is 13.2 Å². The average molecular weight is 337 g/mol. The summed E-state index contributed by atoms with van der Waals surface area (Å²) in [4.78, 5) is 5.90. The van der Waals surface area contributed by atoms with E-state index in [1.54, 1.807) is 6.07 Å². The highest BCUT2D eigenvalue weighted by Gasteiger charge is 2.29. The number of nitrogens with one attached hydrogen (secondary N) is 1. The van der Waals surface area contributed by atoms with Gasteiger partial charge in [-0.25, -0.2) is 17.9 Å². The van der Waals surface area contributed by atoms with Crippen molar-refractivity contribution in [3.63, 3.8) is 0 Å². The Labute approximate surface area is 134 Å². The van der Waals surface area contributed by atoms with E-state index in [0.717, 1.165) is 4.68 Å². The lowest BCUT2D eigenvalue weighted by Crippen LogP contribution is -2.50. The minimum Gasteiger partial charge on any atom is -0.421 e. The highest BCUT2D eigenvalue weighted by molar-refractivity contribution is 5.84. The number of oxazole rings is 1. The maximum Gasteiger partial charge on any atom is 0.298 e. The van der Waals surface area contributed by atoms with Crippen LogP contribution in [0, 0.1) is 17.5 Å². The molecule has 3 aromatic rings. The Bertz CT molecular complexity index is 893. The number of piperazine rings is 1. The van der Waals surface area contributed by atoms with Gasteiger partial charge < -0.3 is 14.6 Å². The fourth-order valence-corrected chi connectivity index (χ4v) is 2.88. The lowest BCUT2D eigenvalue weighted by Gasteiger charge is -2.32. The van der Waals surface area contributed by atoms with E-state index in [4.69, 9.17) is 4.42 Å². The van der Waals surface area contributed by atoms with Gasteiger partial charge in [0.1, 0.15) is 5.69 Å². The molecule has 1 aliphatic rings. The lowest BCUT2D eigenvalue weighted by molar-refractivity contribution is 0.444. The number of rotatable bonds is 2. The quantitative estimate of drug-likeness (QED) is 0.727. The second-order valence-electron chi connectivity index (χ2n) is 5.66. The maximum atomic E-state index is 14.3. The second-order valence-corrected chi connectivity index (χ2v) is 5.66. The highest BCUT2D eigenvalue weighted by atomic mass is 19.2. The molecule has 24 heavy (non-hydrogen) atoms. The summed E-state index contributed by atoms with van der Waals surface area (Å²) in [6.07, 6.45) is 2.83. The molecule has 1 unspecified atom stereocenters. The third-order valence-electron chi connectivity index (χ3n) is 4.11. The number of hydrogen-bond donors (Lipinski definition) is 1. The van der Waals surface area contributed by atoms with E-state index in [0.29, 0.717) is 19.6 Å². The molecule has 0 radical (unpaired) electrons. The Morgan fingerprint density at radius 1 is 1.25 bits per heavy atom. The van der Waals surface area contributed by atoms with Crippen LogP contribution < -0.4 is 10.2 Å². The van der Waals surface area contributed by atoms with E-state index in [1.165, 1.54) is 12.4 Å². The van der Waals surface area contributed by atoms with Crippen LogP contribution >= 0.6 is 0 Å². The van der Waals surface area contributed by atoms with Gasteiger partial charge in [0.05, 0.1) is 0 Å². The molecule has 3 heterocycles. The molecule has 1 N–H and O–H groups in total. The van der Waals surface area contributed by atoms with Crippen molar-refractivity contribution in [3.8, 4) is 5.69 Å². The van der Waals surface area contributed by atoms with E-state index in [1.807, 2.05) is 11.8 Å².